The molecule has 2 N–H and O–H groups in total. The summed E-state index contributed by atoms with van der Waals surface area (Å²) >= 11 is 0. The zero-order valence-electron chi connectivity index (χ0n) is 14.1. The van der Waals surface area contributed by atoms with Crippen LogP contribution in [0.2, 0.25) is 0 Å². The fourth-order valence-corrected chi connectivity index (χ4v) is 2.22. The second-order valence-corrected chi connectivity index (χ2v) is 5.76. The molecule has 1 rings (SSSR count). The first-order valence-electron chi connectivity index (χ1n) is 7.60. The maximum Gasteiger partial charge on any atom is 0.313 e. The molecule has 0 spiro atoms. The monoisotopic (exact) mass is 306 g/mol. The van der Waals surface area contributed by atoms with E-state index >= 15 is 0 Å². The van der Waals surface area contributed by atoms with E-state index in [9.17, 15) is 9.59 Å². The minimum absolute atomic E-state index is 0.173. The van der Waals surface area contributed by atoms with Gasteiger partial charge in [0, 0.05) is 18.8 Å². The van der Waals surface area contributed by atoms with Crippen molar-refractivity contribution in [1.29, 1.82) is 0 Å². The Bertz CT molecular complexity index is 516. The molecule has 0 radical (unpaired) electrons. The molecule has 0 aliphatic rings. The number of aryl methyl sites for hydroxylation is 3. The van der Waals surface area contributed by atoms with Crippen LogP contribution in [0.25, 0.3) is 0 Å². The molecule has 1 aromatic rings. The van der Waals surface area contributed by atoms with Crippen LogP contribution in [0.4, 0.5) is 5.69 Å². The molecular weight excluding hydrogens is 280 g/mol. The predicted octanol–water partition coefficient (Wildman–Crippen LogP) is 2.48. The molecule has 0 atom stereocenters. The summed E-state index contributed by atoms with van der Waals surface area (Å²) in [5.74, 6) is -1.26. The molecule has 122 valence electrons. The molecule has 0 heterocycles. The van der Waals surface area contributed by atoms with Gasteiger partial charge in [-0.05, 0) is 52.2 Å². The molecule has 0 unspecified atom stereocenters. The molecule has 0 aliphatic heterocycles. The largest absolute Gasteiger partial charge is 0.379 e. The van der Waals surface area contributed by atoms with E-state index in [1.54, 1.807) is 0 Å². The van der Waals surface area contributed by atoms with Crippen molar-refractivity contribution in [2.75, 3.05) is 18.5 Å². The van der Waals surface area contributed by atoms with Crippen LogP contribution in [-0.2, 0) is 14.3 Å². The number of hydrogen-bond donors (Lipinski definition) is 2. The van der Waals surface area contributed by atoms with E-state index in [2.05, 4.69) is 10.6 Å². The van der Waals surface area contributed by atoms with Crippen LogP contribution in [0, 0.1) is 20.8 Å². The minimum Gasteiger partial charge on any atom is -0.379 e. The number of amides is 2. The van der Waals surface area contributed by atoms with E-state index in [-0.39, 0.29) is 6.10 Å². The van der Waals surface area contributed by atoms with Crippen molar-refractivity contribution in [2.45, 2.75) is 47.1 Å². The average molecular weight is 306 g/mol. The van der Waals surface area contributed by atoms with Crippen LogP contribution in [0.3, 0.4) is 0 Å². The topological polar surface area (TPSA) is 67.4 Å². The first-order valence-corrected chi connectivity index (χ1v) is 7.60. The first-order chi connectivity index (χ1) is 10.3. The number of carbonyl (C=O) groups excluding carboxylic acids is 2. The van der Waals surface area contributed by atoms with E-state index in [0.717, 1.165) is 16.7 Å². The molecule has 22 heavy (non-hydrogen) atoms. The van der Waals surface area contributed by atoms with Gasteiger partial charge in [-0.25, -0.2) is 0 Å². The van der Waals surface area contributed by atoms with Crippen molar-refractivity contribution in [3.05, 3.63) is 28.8 Å². The van der Waals surface area contributed by atoms with Crippen LogP contribution < -0.4 is 10.6 Å². The van der Waals surface area contributed by atoms with E-state index in [4.69, 9.17) is 4.74 Å². The summed E-state index contributed by atoms with van der Waals surface area (Å²) in [7, 11) is 0. The Labute approximate surface area is 132 Å². The molecular formula is C17H26N2O3. The summed E-state index contributed by atoms with van der Waals surface area (Å²) < 4.78 is 5.37. The summed E-state index contributed by atoms with van der Waals surface area (Å²) in [4.78, 5) is 23.7. The smallest absolute Gasteiger partial charge is 0.313 e. The fraction of sp³-hybridized carbons (Fsp3) is 0.529. The maximum atomic E-state index is 11.9. The summed E-state index contributed by atoms with van der Waals surface area (Å²) in [6, 6.07) is 3.95. The second kappa shape index (κ2) is 8.54. The van der Waals surface area contributed by atoms with Crippen LogP contribution in [0.1, 0.15) is 37.0 Å². The van der Waals surface area contributed by atoms with Crippen molar-refractivity contribution >= 4 is 17.5 Å². The highest BCUT2D eigenvalue weighted by Crippen LogP contribution is 2.21. The van der Waals surface area contributed by atoms with Crippen molar-refractivity contribution in [3.63, 3.8) is 0 Å². The Morgan fingerprint density at radius 1 is 1.09 bits per heavy atom. The van der Waals surface area contributed by atoms with Gasteiger partial charge in [-0.15, -0.1) is 0 Å². The molecule has 0 aliphatic carbocycles. The second-order valence-electron chi connectivity index (χ2n) is 5.76. The number of carbonyl (C=O) groups is 2. The number of hydrogen-bond acceptors (Lipinski definition) is 3. The van der Waals surface area contributed by atoms with Gasteiger partial charge in [0.2, 0.25) is 0 Å². The van der Waals surface area contributed by atoms with Gasteiger partial charge in [0.25, 0.3) is 0 Å². The first kappa shape index (κ1) is 18.2. The predicted molar refractivity (Wildman–Crippen MR) is 88.0 cm³/mol. The van der Waals surface area contributed by atoms with E-state index in [1.807, 2.05) is 46.8 Å². The van der Waals surface area contributed by atoms with Crippen molar-refractivity contribution in [3.8, 4) is 0 Å². The van der Waals surface area contributed by atoms with E-state index in [0.29, 0.717) is 25.3 Å². The highest BCUT2D eigenvalue weighted by Gasteiger charge is 2.15. The SMILES string of the molecule is Cc1cc(C)c(NC(=O)C(=O)NCCCOC(C)C)c(C)c1. The molecule has 0 fully saturated rings. The number of nitrogens with one attached hydrogen (secondary N) is 2. The molecule has 0 aromatic heterocycles. The molecule has 5 heteroatoms. The lowest BCUT2D eigenvalue weighted by Crippen LogP contribution is -2.36. The Balaban J connectivity index is 2.47. The molecule has 0 bridgehead atoms. The van der Waals surface area contributed by atoms with Gasteiger partial charge < -0.3 is 15.4 Å². The third-order valence-electron chi connectivity index (χ3n) is 3.18. The van der Waals surface area contributed by atoms with Crippen molar-refractivity contribution < 1.29 is 14.3 Å². The Morgan fingerprint density at radius 2 is 1.68 bits per heavy atom. The summed E-state index contributed by atoms with van der Waals surface area (Å²) in [6.45, 7) is 10.7. The van der Waals surface area contributed by atoms with Crippen LogP contribution in [0.5, 0.6) is 0 Å². The normalized spacial score (nSPS) is 10.6. The molecule has 5 nitrogen and oxygen atoms in total. The van der Waals surface area contributed by atoms with Gasteiger partial charge in [-0.3, -0.25) is 9.59 Å². The molecule has 0 saturated carbocycles. The maximum absolute atomic E-state index is 11.9. The Hall–Kier alpha value is -1.88. The van der Waals surface area contributed by atoms with Crippen LogP contribution in [-0.4, -0.2) is 31.1 Å². The lowest BCUT2D eigenvalue weighted by Gasteiger charge is -2.13. The van der Waals surface area contributed by atoms with Gasteiger partial charge in [-0.1, -0.05) is 17.7 Å². The minimum atomic E-state index is -0.639. The van der Waals surface area contributed by atoms with Gasteiger partial charge in [-0.2, -0.15) is 0 Å². The van der Waals surface area contributed by atoms with Crippen LogP contribution >= 0.6 is 0 Å². The summed E-state index contributed by atoms with van der Waals surface area (Å²) in [5.41, 5.74) is 3.73. The third kappa shape index (κ3) is 5.85. The lowest BCUT2D eigenvalue weighted by molar-refractivity contribution is -0.136. The highest BCUT2D eigenvalue weighted by molar-refractivity contribution is 6.39. The van der Waals surface area contributed by atoms with Gasteiger partial charge in [0.1, 0.15) is 0 Å². The molecule has 1 aromatic carbocycles. The van der Waals surface area contributed by atoms with Crippen molar-refractivity contribution in [1.82, 2.24) is 5.32 Å². The number of ether oxygens (including phenoxy) is 1. The van der Waals surface area contributed by atoms with Crippen LogP contribution in [0.15, 0.2) is 12.1 Å². The van der Waals surface area contributed by atoms with E-state index in [1.165, 1.54) is 0 Å². The van der Waals surface area contributed by atoms with Gasteiger partial charge in [0.15, 0.2) is 0 Å². The Kier molecular flexibility index (Phi) is 7.05. The fourth-order valence-electron chi connectivity index (χ4n) is 2.22. The lowest BCUT2D eigenvalue weighted by atomic mass is 10.1. The standard InChI is InChI=1S/C17H26N2O3/c1-11(2)22-8-6-7-18-16(20)17(21)19-15-13(4)9-12(3)10-14(15)5/h9-11H,6-8H2,1-5H3,(H,18,20)(H,19,21). The highest BCUT2D eigenvalue weighted by atomic mass is 16.5. The number of anilines is 1. The molecule has 0 saturated heterocycles. The van der Waals surface area contributed by atoms with Gasteiger partial charge >= 0.3 is 11.8 Å². The average Bonchev–Trinajstić information content (AvgIpc) is 2.41. The van der Waals surface area contributed by atoms with Gasteiger partial charge in [0.05, 0.1) is 6.10 Å². The molecule has 2 amide bonds. The zero-order valence-corrected chi connectivity index (χ0v) is 14.1. The quantitative estimate of drug-likeness (QED) is 0.627. The van der Waals surface area contributed by atoms with Crippen molar-refractivity contribution in [2.24, 2.45) is 0 Å². The number of rotatable bonds is 6. The summed E-state index contributed by atoms with van der Waals surface area (Å²) in [6.07, 6.45) is 0.853. The van der Waals surface area contributed by atoms with E-state index < -0.39 is 11.8 Å². The zero-order chi connectivity index (χ0) is 16.7. The summed E-state index contributed by atoms with van der Waals surface area (Å²) in [5, 5.41) is 5.28. The third-order valence-corrected chi connectivity index (χ3v) is 3.18. The number of benzene rings is 1. The Morgan fingerprint density at radius 3 is 2.23 bits per heavy atom.